The number of carbonyl (C=O) groups is 3. The molecule has 112 valence electrons. The summed E-state index contributed by atoms with van der Waals surface area (Å²) in [7, 11) is 1.54. The van der Waals surface area contributed by atoms with E-state index in [-0.39, 0.29) is 18.0 Å². The number of aldehydes is 1. The van der Waals surface area contributed by atoms with Crippen molar-refractivity contribution in [3.8, 4) is 5.75 Å². The number of rotatable bonds is 6. The Morgan fingerprint density at radius 3 is 2.09 bits per heavy atom. The molecule has 0 spiro atoms. The van der Waals surface area contributed by atoms with E-state index in [1.807, 2.05) is 0 Å². The molecule has 0 atom stereocenters. The van der Waals surface area contributed by atoms with Crippen LogP contribution >= 0.6 is 0 Å². The third kappa shape index (κ3) is 3.79. The molecule has 0 fully saturated rings. The van der Waals surface area contributed by atoms with Gasteiger partial charge in [-0.25, -0.2) is 4.79 Å². The first-order valence-corrected chi connectivity index (χ1v) is 6.53. The van der Waals surface area contributed by atoms with Gasteiger partial charge in [0.05, 0.1) is 12.7 Å². The zero-order valence-electron chi connectivity index (χ0n) is 11.9. The van der Waals surface area contributed by atoms with Gasteiger partial charge in [-0.05, 0) is 36.4 Å². The maximum Gasteiger partial charge on any atom is 0.338 e. The fourth-order valence-electron chi connectivity index (χ4n) is 1.77. The minimum Gasteiger partial charge on any atom is -0.497 e. The second kappa shape index (κ2) is 7.17. The van der Waals surface area contributed by atoms with E-state index in [4.69, 9.17) is 9.47 Å². The van der Waals surface area contributed by atoms with Crippen LogP contribution in [-0.4, -0.2) is 31.8 Å². The number of carbonyl (C=O) groups excluding carboxylic acids is 3. The summed E-state index contributed by atoms with van der Waals surface area (Å²) >= 11 is 0. The maximum absolute atomic E-state index is 11.9. The van der Waals surface area contributed by atoms with Crippen LogP contribution in [0, 0.1) is 0 Å². The summed E-state index contributed by atoms with van der Waals surface area (Å²) < 4.78 is 9.97. The summed E-state index contributed by atoms with van der Waals surface area (Å²) in [6, 6.07) is 12.5. The summed E-state index contributed by atoms with van der Waals surface area (Å²) in [5.74, 6) is -0.274. The molecule has 0 unspecified atom stereocenters. The molecule has 0 N–H and O–H groups in total. The van der Waals surface area contributed by atoms with Gasteiger partial charge in [-0.15, -0.1) is 0 Å². The first-order valence-electron chi connectivity index (χ1n) is 6.53. The van der Waals surface area contributed by atoms with Crippen molar-refractivity contribution < 1.29 is 23.9 Å². The Morgan fingerprint density at radius 2 is 1.55 bits per heavy atom. The molecule has 2 aromatic rings. The van der Waals surface area contributed by atoms with E-state index in [0.29, 0.717) is 23.2 Å². The molecular formula is C17H14O5. The van der Waals surface area contributed by atoms with Gasteiger partial charge in [0.2, 0.25) is 0 Å². The second-order valence-corrected chi connectivity index (χ2v) is 4.47. The lowest BCUT2D eigenvalue weighted by Gasteiger charge is -2.05. The topological polar surface area (TPSA) is 69.7 Å². The molecule has 22 heavy (non-hydrogen) atoms. The van der Waals surface area contributed by atoms with E-state index in [1.165, 1.54) is 31.4 Å². The van der Waals surface area contributed by atoms with Crippen molar-refractivity contribution in [1.82, 2.24) is 0 Å². The van der Waals surface area contributed by atoms with Gasteiger partial charge in [0, 0.05) is 11.1 Å². The van der Waals surface area contributed by atoms with Crippen molar-refractivity contribution in [2.24, 2.45) is 0 Å². The van der Waals surface area contributed by atoms with Gasteiger partial charge in [0.15, 0.2) is 12.4 Å². The van der Waals surface area contributed by atoms with Crippen LogP contribution in [0.5, 0.6) is 5.75 Å². The lowest BCUT2D eigenvalue weighted by molar-refractivity contribution is 0.0474. The van der Waals surface area contributed by atoms with Crippen LogP contribution in [0.15, 0.2) is 48.5 Å². The Labute approximate surface area is 127 Å². The monoisotopic (exact) mass is 298 g/mol. The third-order valence-corrected chi connectivity index (χ3v) is 3.03. The smallest absolute Gasteiger partial charge is 0.338 e. The van der Waals surface area contributed by atoms with Gasteiger partial charge in [-0.1, -0.05) is 12.1 Å². The minimum absolute atomic E-state index is 0.285. The lowest BCUT2D eigenvalue weighted by atomic mass is 10.1. The number of Topliss-reactive ketones (excluding diaryl/α,β-unsaturated/α-hetero) is 1. The van der Waals surface area contributed by atoms with Crippen LogP contribution in [-0.2, 0) is 4.74 Å². The van der Waals surface area contributed by atoms with Crippen LogP contribution in [0.4, 0.5) is 0 Å². The molecule has 2 rings (SSSR count). The van der Waals surface area contributed by atoms with Crippen molar-refractivity contribution in [2.45, 2.75) is 0 Å². The molecule has 0 radical (unpaired) electrons. The fourth-order valence-corrected chi connectivity index (χ4v) is 1.77. The summed E-state index contributed by atoms with van der Waals surface area (Å²) in [6.07, 6.45) is 0.683. The van der Waals surface area contributed by atoms with Gasteiger partial charge in [0.25, 0.3) is 0 Å². The highest BCUT2D eigenvalue weighted by molar-refractivity contribution is 5.99. The number of hydrogen-bond acceptors (Lipinski definition) is 5. The van der Waals surface area contributed by atoms with Gasteiger partial charge < -0.3 is 9.47 Å². The first kappa shape index (κ1) is 15.4. The van der Waals surface area contributed by atoms with E-state index in [1.54, 1.807) is 24.3 Å². The molecule has 5 heteroatoms. The number of methoxy groups -OCH3 is 1. The molecule has 0 saturated carbocycles. The molecule has 0 aliphatic carbocycles. The number of benzene rings is 2. The molecule has 0 aliphatic rings. The van der Waals surface area contributed by atoms with Crippen molar-refractivity contribution in [3.63, 3.8) is 0 Å². The van der Waals surface area contributed by atoms with Gasteiger partial charge in [0.1, 0.15) is 12.0 Å². The second-order valence-electron chi connectivity index (χ2n) is 4.47. The van der Waals surface area contributed by atoms with Gasteiger partial charge in [-0.3, -0.25) is 9.59 Å². The van der Waals surface area contributed by atoms with Crippen molar-refractivity contribution in [1.29, 1.82) is 0 Å². The number of ether oxygens (including phenoxy) is 2. The quantitative estimate of drug-likeness (QED) is 0.465. The van der Waals surface area contributed by atoms with E-state index >= 15 is 0 Å². The van der Waals surface area contributed by atoms with Crippen molar-refractivity contribution in [2.75, 3.05) is 13.7 Å². The molecule has 2 aromatic carbocycles. The number of esters is 1. The zero-order chi connectivity index (χ0) is 15.9. The largest absolute Gasteiger partial charge is 0.497 e. The summed E-state index contributed by atoms with van der Waals surface area (Å²) in [6.45, 7) is -0.347. The minimum atomic E-state index is -0.612. The highest BCUT2D eigenvalue weighted by Gasteiger charge is 2.12. The Balaban J connectivity index is 1.94. The number of hydrogen-bond donors (Lipinski definition) is 0. The molecule has 0 aliphatic heterocycles. The van der Waals surface area contributed by atoms with Gasteiger partial charge >= 0.3 is 5.97 Å². The van der Waals surface area contributed by atoms with Crippen LogP contribution < -0.4 is 4.74 Å². The van der Waals surface area contributed by atoms with Gasteiger partial charge in [-0.2, -0.15) is 0 Å². The van der Waals surface area contributed by atoms with E-state index in [9.17, 15) is 14.4 Å². The summed E-state index contributed by atoms with van der Waals surface area (Å²) in [5.41, 5.74) is 1.18. The maximum atomic E-state index is 11.9. The fraction of sp³-hybridized carbons (Fsp3) is 0.118. The summed E-state index contributed by atoms with van der Waals surface area (Å²) in [4.78, 5) is 34.2. The molecule has 0 saturated heterocycles. The predicted octanol–water partition coefficient (Wildman–Crippen LogP) is 2.55. The zero-order valence-corrected chi connectivity index (χ0v) is 11.9. The standard InChI is InChI=1S/C17H14O5/c1-21-15-8-6-13(7-9-15)16(19)11-22-17(20)14-4-2-12(10-18)3-5-14/h2-10H,11H2,1H3. The Bertz CT molecular complexity index is 671. The Kier molecular flexibility index (Phi) is 5.03. The highest BCUT2D eigenvalue weighted by atomic mass is 16.5. The molecule has 0 bridgehead atoms. The van der Waals surface area contributed by atoms with E-state index < -0.39 is 5.97 Å². The Hall–Kier alpha value is -2.95. The van der Waals surface area contributed by atoms with Crippen LogP contribution in [0.3, 0.4) is 0 Å². The molecule has 5 nitrogen and oxygen atoms in total. The SMILES string of the molecule is COc1ccc(C(=O)COC(=O)c2ccc(C=O)cc2)cc1. The van der Waals surface area contributed by atoms with Crippen LogP contribution in [0.2, 0.25) is 0 Å². The average molecular weight is 298 g/mol. The highest BCUT2D eigenvalue weighted by Crippen LogP contribution is 2.12. The summed E-state index contributed by atoms with van der Waals surface area (Å²) in [5, 5.41) is 0. The van der Waals surface area contributed by atoms with Crippen LogP contribution in [0.1, 0.15) is 31.1 Å². The van der Waals surface area contributed by atoms with E-state index in [0.717, 1.165) is 0 Å². The van der Waals surface area contributed by atoms with Crippen molar-refractivity contribution >= 4 is 18.0 Å². The Morgan fingerprint density at radius 1 is 0.955 bits per heavy atom. The van der Waals surface area contributed by atoms with Crippen molar-refractivity contribution in [3.05, 3.63) is 65.2 Å². The normalized spacial score (nSPS) is 9.86. The molecule has 0 heterocycles. The predicted molar refractivity (Wildman–Crippen MR) is 79.4 cm³/mol. The van der Waals surface area contributed by atoms with E-state index in [2.05, 4.69) is 0 Å². The molecular weight excluding hydrogens is 284 g/mol. The average Bonchev–Trinajstić information content (AvgIpc) is 2.59. The molecule has 0 aromatic heterocycles. The van der Waals surface area contributed by atoms with Crippen LogP contribution in [0.25, 0.3) is 0 Å². The number of ketones is 1. The lowest BCUT2D eigenvalue weighted by Crippen LogP contribution is -2.14. The first-order chi connectivity index (χ1) is 10.6. The third-order valence-electron chi connectivity index (χ3n) is 3.03. The molecule has 0 amide bonds.